The van der Waals surface area contributed by atoms with Crippen molar-refractivity contribution < 1.29 is 24.1 Å². The molecule has 0 heterocycles. The molecule has 0 aliphatic heterocycles. The minimum absolute atomic E-state index is 0.0532. The number of nitrogens with one attached hydrogen (secondary N) is 1. The second-order valence-corrected chi connectivity index (χ2v) is 3.86. The van der Waals surface area contributed by atoms with Crippen molar-refractivity contribution in [2.75, 3.05) is 28.4 Å². The van der Waals surface area contributed by atoms with Crippen molar-refractivity contribution in [1.29, 1.82) is 0 Å². The Bertz CT molecular complexity index is 447. The summed E-state index contributed by atoms with van der Waals surface area (Å²) in [5.74, 6) is 0.569. The molecular weight excluding hydrogens is 250 g/mol. The molecule has 0 saturated carbocycles. The molecule has 0 aliphatic rings. The third-order valence-electron chi connectivity index (χ3n) is 2.84. The predicted octanol–water partition coefficient (Wildman–Crippen LogP) is 1.45. The average molecular weight is 269 g/mol. The molecule has 6 nitrogen and oxygen atoms in total. The standard InChI is InChI=1S/C13H19NO5/c1-14-9(7-11(15)16)8-5-6-10(17-2)13(19-4)12(8)18-3/h5-6,9,14H,7H2,1-4H3,(H,15,16). The number of ether oxygens (including phenoxy) is 3. The van der Waals surface area contributed by atoms with E-state index in [2.05, 4.69) is 5.32 Å². The summed E-state index contributed by atoms with van der Waals surface area (Å²) in [7, 11) is 6.25. The molecule has 0 spiro atoms. The number of aliphatic carboxylic acids is 1. The lowest BCUT2D eigenvalue weighted by atomic mass is 10.0. The average Bonchev–Trinajstić information content (AvgIpc) is 2.42. The zero-order chi connectivity index (χ0) is 14.4. The van der Waals surface area contributed by atoms with Gasteiger partial charge in [0.15, 0.2) is 11.5 Å². The highest BCUT2D eigenvalue weighted by Crippen LogP contribution is 2.42. The Hall–Kier alpha value is -1.95. The van der Waals surface area contributed by atoms with Crippen LogP contribution in [-0.4, -0.2) is 39.5 Å². The van der Waals surface area contributed by atoms with E-state index in [9.17, 15) is 4.79 Å². The molecule has 1 aromatic carbocycles. The highest BCUT2D eigenvalue weighted by Gasteiger charge is 2.22. The lowest BCUT2D eigenvalue weighted by Gasteiger charge is -2.20. The molecular formula is C13H19NO5. The lowest BCUT2D eigenvalue weighted by molar-refractivity contribution is -0.137. The summed E-state index contributed by atoms with van der Waals surface area (Å²) in [6, 6.07) is 3.12. The first kappa shape index (κ1) is 15.1. The van der Waals surface area contributed by atoms with Gasteiger partial charge in [0.25, 0.3) is 0 Å². The maximum absolute atomic E-state index is 10.9. The van der Waals surface area contributed by atoms with Crippen molar-refractivity contribution in [3.8, 4) is 17.2 Å². The molecule has 106 valence electrons. The van der Waals surface area contributed by atoms with Gasteiger partial charge in [-0.15, -0.1) is 0 Å². The number of hydrogen-bond acceptors (Lipinski definition) is 5. The van der Waals surface area contributed by atoms with Crippen LogP contribution in [0.25, 0.3) is 0 Å². The van der Waals surface area contributed by atoms with Gasteiger partial charge in [0.1, 0.15) is 0 Å². The van der Waals surface area contributed by atoms with Gasteiger partial charge < -0.3 is 24.6 Å². The Morgan fingerprint density at radius 1 is 1.21 bits per heavy atom. The molecule has 0 fully saturated rings. The molecule has 6 heteroatoms. The van der Waals surface area contributed by atoms with Gasteiger partial charge in [-0.05, 0) is 19.2 Å². The Labute approximate surface area is 112 Å². The predicted molar refractivity (Wildman–Crippen MR) is 70.2 cm³/mol. The smallest absolute Gasteiger partial charge is 0.305 e. The normalized spacial score (nSPS) is 11.8. The molecule has 0 aliphatic carbocycles. The van der Waals surface area contributed by atoms with E-state index in [4.69, 9.17) is 19.3 Å². The fourth-order valence-corrected chi connectivity index (χ4v) is 1.94. The van der Waals surface area contributed by atoms with Crippen LogP contribution in [0.5, 0.6) is 17.2 Å². The van der Waals surface area contributed by atoms with Gasteiger partial charge in [0, 0.05) is 11.6 Å². The quantitative estimate of drug-likeness (QED) is 0.780. The van der Waals surface area contributed by atoms with E-state index in [1.54, 1.807) is 19.2 Å². The van der Waals surface area contributed by atoms with Gasteiger partial charge in [-0.2, -0.15) is 0 Å². The van der Waals surface area contributed by atoms with Crippen molar-refractivity contribution in [3.63, 3.8) is 0 Å². The first-order valence-electron chi connectivity index (χ1n) is 5.76. The van der Waals surface area contributed by atoms with Crippen LogP contribution in [0.15, 0.2) is 12.1 Å². The number of methoxy groups -OCH3 is 3. The number of carboxylic acids is 1. The van der Waals surface area contributed by atoms with E-state index in [1.165, 1.54) is 21.3 Å². The van der Waals surface area contributed by atoms with E-state index in [1.807, 2.05) is 0 Å². The summed E-state index contributed by atoms with van der Waals surface area (Å²) >= 11 is 0. The van der Waals surface area contributed by atoms with Crippen molar-refractivity contribution in [1.82, 2.24) is 5.32 Å². The maximum atomic E-state index is 10.9. The van der Waals surface area contributed by atoms with Gasteiger partial charge in [0.2, 0.25) is 5.75 Å². The summed E-state index contributed by atoms with van der Waals surface area (Å²) in [5.41, 5.74) is 0.713. The molecule has 1 rings (SSSR count). The fraction of sp³-hybridized carbons (Fsp3) is 0.462. The number of carboxylic acid groups (broad SMARTS) is 1. The topological polar surface area (TPSA) is 77.0 Å². The third kappa shape index (κ3) is 3.29. The molecule has 1 unspecified atom stereocenters. The van der Waals surface area contributed by atoms with E-state index in [0.29, 0.717) is 22.8 Å². The van der Waals surface area contributed by atoms with Gasteiger partial charge in [-0.25, -0.2) is 0 Å². The summed E-state index contributed by atoms with van der Waals surface area (Å²) in [4.78, 5) is 10.9. The van der Waals surface area contributed by atoms with Crippen LogP contribution >= 0.6 is 0 Å². The molecule has 19 heavy (non-hydrogen) atoms. The molecule has 0 aromatic heterocycles. The third-order valence-corrected chi connectivity index (χ3v) is 2.84. The minimum Gasteiger partial charge on any atom is -0.493 e. The molecule has 1 atom stereocenters. The zero-order valence-electron chi connectivity index (χ0n) is 11.5. The monoisotopic (exact) mass is 269 g/mol. The Kier molecular flexibility index (Phi) is 5.44. The van der Waals surface area contributed by atoms with Gasteiger partial charge in [0.05, 0.1) is 27.8 Å². The van der Waals surface area contributed by atoms with E-state index >= 15 is 0 Å². The number of rotatable bonds is 7. The van der Waals surface area contributed by atoms with Crippen LogP contribution in [0.3, 0.4) is 0 Å². The van der Waals surface area contributed by atoms with Crippen LogP contribution in [0.1, 0.15) is 18.0 Å². The van der Waals surface area contributed by atoms with Crippen molar-refractivity contribution in [3.05, 3.63) is 17.7 Å². The van der Waals surface area contributed by atoms with Gasteiger partial charge >= 0.3 is 5.97 Å². The van der Waals surface area contributed by atoms with E-state index in [-0.39, 0.29) is 12.5 Å². The SMILES string of the molecule is CNC(CC(=O)O)c1ccc(OC)c(OC)c1OC. The van der Waals surface area contributed by atoms with E-state index in [0.717, 1.165) is 0 Å². The lowest BCUT2D eigenvalue weighted by Crippen LogP contribution is -2.20. The van der Waals surface area contributed by atoms with Crippen LogP contribution in [0.4, 0.5) is 0 Å². The molecule has 0 amide bonds. The Balaban J connectivity index is 3.29. The molecule has 0 radical (unpaired) electrons. The highest BCUT2D eigenvalue weighted by atomic mass is 16.5. The number of hydrogen-bond donors (Lipinski definition) is 2. The van der Waals surface area contributed by atoms with E-state index < -0.39 is 5.97 Å². The summed E-state index contributed by atoms with van der Waals surface area (Å²) in [5, 5.41) is 11.9. The molecule has 2 N–H and O–H groups in total. The number of benzene rings is 1. The summed E-state index contributed by atoms with van der Waals surface area (Å²) < 4.78 is 15.8. The van der Waals surface area contributed by atoms with Crippen LogP contribution in [0.2, 0.25) is 0 Å². The largest absolute Gasteiger partial charge is 0.493 e. The van der Waals surface area contributed by atoms with Gasteiger partial charge in [-0.1, -0.05) is 0 Å². The summed E-state index contributed by atoms with van der Waals surface area (Å²) in [6.07, 6.45) is -0.0532. The second kappa shape index (κ2) is 6.84. The molecule has 0 saturated heterocycles. The molecule has 0 bridgehead atoms. The van der Waals surface area contributed by atoms with Crippen molar-refractivity contribution in [2.24, 2.45) is 0 Å². The maximum Gasteiger partial charge on any atom is 0.305 e. The van der Waals surface area contributed by atoms with Gasteiger partial charge in [-0.3, -0.25) is 4.79 Å². The highest BCUT2D eigenvalue weighted by molar-refractivity contribution is 5.69. The minimum atomic E-state index is -0.892. The van der Waals surface area contributed by atoms with Crippen LogP contribution < -0.4 is 19.5 Å². The Morgan fingerprint density at radius 3 is 2.26 bits per heavy atom. The van der Waals surface area contributed by atoms with Crippen LogP contribution in [0, 0.1) is 0 Å². The Morgan fingerprint density at radius 2 is 1.84 bits per heavy atom. The summed E-state index contributed by atoms with van der Waals surface area (Å²) in [6.45, 7) is 0. The van der Waals surface area contributed by atoms with Crippen molar-refractivity contribution >= 4 is 5.97 Å². The first-order valence-corrected chi connectivity index (χ1v) is 5.76. The van der Waals surface area contributed by atoms with Crippen molar-refractivity contribution in [2.45, 2.75) is 12.5 Å². The first-order chi connectivity index (χ1) is 9.08. The molecule has 1 aromatic rings. The van der Waals surface area contributed by atoms with Crippen LogP contribution in [-0.2, 0) is 4.79 Å². The number of carbonyl (C=O) groups is 1. The zero-order valence-corrected chi connectivity index (χ0v) is 11.5. The fourth-order valence-electron chi connectivity index (χ4n) is 1.94. The second-order valence-electron chi connectivity index (χ2n) is 3.86.